The van der Waals surface area contributed by atoms with Crippen LogP contribution in [0.15, 0.2) is 48.3 Å². The van der Waals surface area contributed by atoms with Crippen LogP contribution in [0.3, 0.4) is 0 Å². The molecule has 1 fully saturated rings. The maximum atomic E-state index is 11.2. The normalized spacial score (nSPS) is 17.2. The van der Waals surface area contributed by atoms with Crippen LogP contribution in [0, 0.1) is 0 Å². The van der Waals surface area contributed by atoms with Crippen LogP contribution in [-0.2, 0) is 4.79 Å². The van der Waals surface area contributed by atoms with Gasteiger partial charge in [0.05, 0.1) is 11.0 Å². The fourth-order valence-electron chi connectivity index (χ4n) is 3.14. The van der Waals surface area contributed by atoms with Crippen molar-refractivity contribution in [2.45, 2.75) is 19.9 Å². The van der Waals surface area contributed by atoms with E-state index in [2.05, 4.69) is 55.9 Å². The highest BCUT2D eigenvalue weighted by Gasteiger charge is 2.23. The maximum absolute atomic E-state index is 11.2. The molecule has 1 aromatic heterocycles. The van der Waals surface area contributed by atoms with Gasteiger partial charge >= 0.3 is 0 Å². The molecule has 0 saturated carbocycles. The van der Waals surface area contributed by atoms with Gasteiger partial charge < -0.3 is 4.90 Å². The number of hydrogen-bond donors (Lipinski definition) is 1. The lowest BCUT2D eigenvalue weighted by Crippen LogP contribution is -2.49. The van der Waals surface area contributed by atoms with Crippen LogP contribution in [0.1, 0.15) is 25.5 Å². The average molecular weight is 352 g/mol. The minimum Gasteiger partial charge on any atom is -0.356 e. The van der Waals surface area contributed by atoms with Gasteiger partial charge in [0, 0.05) is 44.6 Å². The first kappa shape index (κ1) is 18.0. The van der Waals surface area contributed by atoms with Gasteiger partial charge in [-0.25, -0.2) is 5.43 Å². The molecular formula is C19H24N6O. The number of carbonyl (C=O) groups excluding carboxylic acids is 1. The number of rotatable bonds is 4. The zero-order chi connectivity index (χ0) is 18.5. The highest BCUT2D eigenvalue weighted by molar-refractivity contribution is 5.88. The van der Waals surface area contributed by atoms with E-state index in [4.69, 9.17) is 0 Å². The van der Waals surface area contributed by atoms with Gasteiger partial charge in [-0.05, 0) is 37.6 Å². The number of nitrogens with zero attached hydrogens (tertiary/aromatic N) is 5. The summed E-state index contributed by atoms with van der Waals surface area (Å²) in [6.45, 7) is 11.2. The number of piperazine rings is 1. The molecule has 1 aliphatic heterocycles. The van der Waals surface area contributed by atoms with Crippen LogP contribution < -0.4 is 5.43 Å². The van der Waals surface area contributed by atoms with E-state index in [-0.39, 0.29) is 5.91 Å². The Balaban J connectivity index is 1.61. The topological polar surface area (TPSA) is 73.7 Å². The van der Waals surface area contributed by atoms with Crippen LogP contribution in [0.5, 0.6) is 0 Å². The molecular weight excluding hydrogens is 328 g/mol. The predicted octanol–water partition coefficient (Wildman–Crippen LogP) is 1.94. The molecule has 1 atom stereocenters. The van der Waals surface area contributed by atoms with Gasteiger partial charge in [0.25, 0.3) is 5.91 Å². The van der Waals surface area contributed by atoms with Crippen molar-refractivity contribution in [3.05, 3.63) is 48.8 Å². The number of aromatic nitrogens is 2. The number of carbonyl (C=O) groups is 1. The van der Waals surface area contributed by atoms with Crippen LogP contribution in [-0.4, -0.2) is 57.7 Å². The Bertz CT molecular complexity index is 826. The third-order valence-corrected chi connectivity index (χ3v) is 4.81. The quantitative estimate of drug-likeness (QED) is 0.394. The Morgan fingerprint density at radius 1 is 1.23 bits per heavy atom. The van der Waals surface area contributed by atoms with E-state index in [0.29, 0.717) is 6.04 Å². The van der Waals surface area contributed by atoms with Gasteiger partial charge in [0.2, 0.25) is 0 Å². The third kappa shape index (κ3) is 4.05. The molecule has 0 unspecified atom stereocenters. The van der Waals surface area contributed by atoms with E-state index < -0.39 is 0 Å². The minimum absolute atomic E-state index is 0.295. The summed E-state index contributed by atoms with van der Waals surface area (Å²) < 4.78 is 0. The molecule has 0 bridgehead atoms. The van der Waals surface area contributed by atoms with Gasteiger partial charge in [-0.1, -0.05) is 12.6 Å². The molecule has 1 aliphatic rings. The summed E-state index contributed by atoms with van der Waals surface area (Å²) in [5.74, 6) is 0.518. The summed E-state index contributed by atoms with van der Waals surface area (Å²) in [6.07, 6.45) is 4.65. The number of fused-ring (bicyclic) bond motifs is 1. The Morgan fingerprint density at radius 2 is 1.92 bits per heavy atom. The first-order valence-corrected chi connectivity index (χ1v) is 8.75. The Hall–Kier alpha value is -2.80. The van der Waals surface area contributed by atoms with Crippen molar-refractivity contribution in [3.8, 4) is 0 Å². The summed E-state index contributed by atoms with van der Waals surface area (Å²) in [6, 6.07) is 6.59. The van der Waals surface area contributed by atoms with Crippen molar-refractivity contribution in [1.29, 1.82) is 0 Å². The highest BCUT2D eigenvalue weighted by atomic mass is 16.2. The van der Waals surface area contributed by atoms with E-state index in [9.17, 15) is 4.79 Å². The lowest BCUT2D eigenvalue weighted by Gasteiger charge is -2.39. The second kappa shape index (κ2) is 8.05. The number of amidine groups is 1. The predicted molar refractivity (Wildman–Crippen MR) is 103 cm³/mol. The smallest absolute Gasteiger partial charge is 0.263 e. The van der Waals surface area contributed by atoms with Gasteiger partial charge in [-0.2, -0.15) is 5.10 Å². The van der Waals surface area contributed by atoms with E-state index in [1.807, 2.05) is 13.0 Å². The summed E-state index contributed by atoms with van der Waals surface area (Å²) in [5, 5.41) is 4.12. The van der Waals surface area contributed by atoms with E-state index >= 15 is 0 Å². The van der Waals surface area contributed by atoms with Gasteiger partial charge in [0.1, 0.15) is 5.84 Å². The van der Waals surface area contributed by atoms with Crippen molar-refractivity contribution in [3.63, 3.8) is 0 Å². The first-order valence-electron chi connectivity index (χ1n) is 8.75. The molecule has 0 aliphatic carbocycles. The van der Waals surface area contributed by atoms with Crippen molar-refractivity contribution in [2.24, 2.45) is 5.10 Å². The maximum Gasteiger partial charge on any atom is 0.263 e. The molecule has 2 heterocycles. The summed E-state index contributed by atoms with van der Waals surface area (Å²) in [5.41, 5.74) is 5.56. The Kier molecular flexibility index (Phi) is 5.58. The average Bonchev–Trinajstić information content (AvgIpc) is 2.70. The lowest BCUT2D eigenvalue weighted by molar-refractivity contribution is -0.116. The Labute approximate surface area is 153 Å². The largest absolute Gasteiger partial charge is 0.356 e. The monoisotopic (exact) mass is 352 g/mol. The molecule has 1 N–H and O–H groups in total. The summed E-state index contributed by atoms with van der Waals surface area (Å²) >= 11 is 0. The van der Waals surface area contributed by atoms with Gasteiger partial charge in [-0.3, -0.25) is 19.7 Å². The van der Waals surface area contributed by atoms with E-state index in [1.54, 1.807) is 12.4 Å². The molecule has 26 heavy (non-hydrogen) atoms. The van der Waals surface area contributed by atoms with E-state index in [1.165, 1.54) is 11.6 Å². The standard InChI is InChI=1S/C19H24N6O/c1-4-19(26)23-22-15(3)25-11-9-24(10-12-25)14(2)16-5-6-17-18(13-16)21-8-7-20-17/h4-8,13-14H,1,9-12H2,2-3H3,(H,23,26)/b22-15+/t14-/m1/s1. The SMILES string of the molecule is C=CC(=O)N/N=C(\C)N1CCN([C@H](C)c2ccc3nccnc3c2)CC1. The number of hydrazone groups is 1. The molecule has 1 aromatic carbocycles. The highest BCUT2D eigenvalue weighted by Crippen LogP contribution is 2.24. The Morgan fingerprint density at radius 3 is 2.62 bits per heavy atom. The summed E-state index contributed by atoms with van der Waals surface area (Å²) in [7, 11) is 0. The third-order valence-electron chi connectivity index (χ3n) is 4.81. The second-order valence-electron chi connectivity index (χ2n) is 6.34. The fraction of sp³-hybridized carbons (Fsp3) is 0.368. The minimum atomic E-state index is -0.295. The number of amides is 1. The molecule has 2 aromatic rings. The molecule has 1 amide bonds. The molecule has 136 valence electrons. The first-order chi connectivity index (χ1) is 12.6. The van der Waals surface area contributed by atoms with Gasteiger partial charge in [-0.15, -0.1) is 0 Å². The molecule has 7 heteroatoms. The van der Waals surface area contributed by atoms with Crippen molar-refractivity contribution in [2.75, 3.05) is 26.2 Å². The van der Waals surface area contributed by atoms with Gasteiger partial charge in [0.15, 0.2) is 0 Å². The molecule has 0 radical (unpaired) electrons. The number of hydrogen-bond acceptors (Lipinski definition) is 5. The molecule has 0 spiro atoms. The second-order valence-corrected chi connectivity index (χ2v) is 6.34. The number of nitrogens with one attached hydrogen (secondary N) is 1. The van der Waals surface area contributed by atoms with Crippen molar-refractivity contribution < 1.29 is 4.79 Å². The van der Waals surface area contributed by atoms with Crippen LogP contribution in [0.4, 0.5) is 0 Å². The zero-order valence-electron chi connectivity index (χ0n) is 15.2. The summed E-state index contributed by atoms with van der Waals surface area (Å²) in [4.78, 5) is 24.6. The molecule has 1 saturated heterocycles. The van der Waals surface area contributed by atoms with Crippen LogP contribution in [0.2, 0.25) is 0 Å². The number of benzene rings is 1. The fourth-order valence-corrected chi connectivity index (χ4v) is 3.14. The van der Waals surface area contributed by atoms with Crippen LogP contribution in [0.25, 0.3) is 11.0 Å². The van der Waals surface area contributed by atoms with E-state index in [0.717, 1.165) is 43.0 Å². The zero-order valence-corrected chi connectivity index (χ0v) is 15.2. The van der Waals surface area contributed by atoms with Crippen molar-refractivity contribution >= 4 is 22.8 Å². The molecule has 3 rings (SSSR count). The molecule has 7 nitrogen and oxygen atoms in total. The van der Waals surface area contributed by atoms with Crippen molar-refractivity contribution in [1.82, 2.24) is 25.2 Å². The van der Waals surface area contributed by atoms with Crippen LogP contribution >= 0.6 is 0 Å². The lowest BCUT2D eigenvalue weighted by atomic mass is 10.0.